The molecule has 1 aromatic carbocycles. The predicted octanol–water partition coefficient (Wildman–Crippen LogP) is 2.65. The van der Waals surface area contributed by atoms with Gasteiger partial charge >= 0.3 is 0 Å². The highest BCUT2D eigenvalue weighted by Gasteiger charge is 2.17. The molecule has 5 heteroatoms. The van der Waals surface area contributed by atoms with E-state index in [4.69, 9.17) is 0 Å². The van der Waals surface area contributed by atoms with Crippen LogP contribution in [0.4, 0.5) is 0 Å². The maximum atomic E-state index is 12.2. The first-order chi connectivity index (χ1) is 9.63. The van der Waals surface area contributed by atoms with E-state index < -0.39 is 10.0 Å². The zero-order valence-corrected chi connectivity index (χ0v) is 14.5. The van der Waals surface area contributed by atoms with E-state index in [-0.39, 0.29) is 5.41 Å². The minimum atomic E-state index is -3.40. The van der Waals surface area contributed by atoms with E-state index >= 15 is 0 Å². The van der Waals surface area contributed by atoms with Crippen molar-refractivity contribution >= 4 is 10.0 Å². The third-order valence-electron chi connectivity index (χ3n) is 3.23. The monoisotopic (exact) mass is 312 g/mol. The highest BCUT2D eigenvalue weighted by atomic mass is 32.2. The molecule has 0 aliphatic carbocycles. The van der Waals surface area contributed by atoms with Crippen LogP contribution >= 0.6 is 0 Å². The maximum Gasteiger partial charge on any atom is 0.240 e. The van der Waals surface area contributed by atoms with Crippen molar-refractivity contribution in [2.45, 2.75) is 57.4 Å². The van der Waals surface area contributed by atoms with E-state index in [1.165, 1.54) is 0 Å². The van der Waals surface area contributed by atoms with Gasteiger partial charge in [0.1, 0.15) is 0 Å². The van der Waals surface area contributed by atoms with Crippen LogP contribution in [0.2, 0.25) is 0 Å². The fraction of sp³-hybridized carbons (Fsp3) is 0.625. The average Bonchev–Trinajstić information content (AvgIpc) is 2.37. The van der Waals surface area contributed by atoms with E-state index in [1.54, 1.807) is 12.1 Å². The van der Waals surface area contributed by atoms with Crippen molar-refractivity contribution in [3.05, 3.63) is 29.8 Å². The summed E-state index contributed by atoms with van der Waals surface area (Å²) in [7, 11) is -3.40. The van der Waals surface area contributed by atoms with Crippen molar-refractivity contribution < 1.29 is 8.42 Å². The van der Waals surface area contributed by atoms with Gasteiger partial charge < -0.3 is 5.32 Å². The largest absolute Gasteiger partial charge is 0.314 e. The van der Waals surface area contributed by atoms with Gasteiger partial charge in [-0.15, -0.1) is 0 Å². The van der Waals surface area contributed by atoms with Gasteiger partial charge in [0.15, 0.2) is 0 Å². The van der Waals surface area contributed by atoms with Gasteiger partial charge in [0, 0.05) is 12.6 Å². The van der Waals surface area contributed by atoms with Gasteiger partial charge in [0.25, 0.3) is 0 Å². The lowest BCUT2D eigenvalue weighted by Gasteiger charge is -2.19. The second-order valence-electron chi connectivity index (χ2n) is 6.63. The average molecular weight is 312 g/mol. The summed E-state index contributed by atoms with van der Waals surface area (Å²) < 4.78 is 27.0. The number of sulfonamides is 1. The van der Waals surface area contributed by atoms with Crippen LogP contribution in [0.5, 0.6) is 0 Å². The quantitative estimate of drug-likeness (QED) is 0.761. The Labute approximate surface area is 129 Å². The predicted molar refractivity (Wildman–Crippen MR) is 88.1 cm³/mol. The fourth-order valence-corrected chi connectivity index (χ4v) is 2.98. The SMILES string of the molecule is CC(C)NCCCNS(=O)(=O)c1ccc(C(C)(C)C)cc1. The molecule has 4 nitrogen and oxygen atoms in total. The molecule has 0 radical (unpaired) electrons. The summed E-state index contributed by atoms with van der Waals surface area (Å²) in [6, 6.07) is 7.54. The molecule has 0 saturated carbocycles. The Morgan fingerprint density at radius 3 is 2.10 bits per heavy atom. The summed E-state index contributed by atoms with van der Waals surface area (Å²) in [6.45, 7) is 11.7. The van der Waals surface area contributed by atoms with Gasteiger partial charge in [-0.1, -0.05) is 46.8 Å². The zero-order chi connectivity index (χ0) is 16.1. The molecule has 0 atom stereocenters. The molecule has 1 aromatic rings. The summed E-state index contributed by atoms with van der Waals surface area (Å²) in [5.74, 6) is 0. The van der Waals surface area contributed by atoms with E-state index in [1.807, 2.05) is 12.1 Å². The lowest BCUT2D eigenvalue weighted by molar-refractivity contribution is 0.554. The molecular weight excluding hydrogens is 284 g/mol. The van der Waals surface area contributed by atoms with Crippen LogP contribution < -0.4 is 10.0 Å². The smallest absolute Gasteiger partial charge is 0.240 e. The molecule has 1 rings (SSSR count). The van der Waals surface area contributed by atoms with Crippen molar-refractivity contribution in [3.63, 3.8) is 0 Å². The number of hydrogen-bond acceptors (Lipinski definition) is 3. The van der Waals surface area contributed by atoms with Crippen LogP contribution in [0.1, 0.15) is 46.6 Å². The Morgan fingerprint density at radius 2 is 1.62 bits per heavy atom. The van der Waals surface area contributed by atoms with Crippen molar-refractivity contribution in [1.82, 2.24) is 10.0 Å². The second kappa shape index (κ2) is 7.38. The van der Waals surface area contributed by atoms with Crippen molar-refractivity contribution in [1.29, 1.82) is 0 Å². The Balaban J connectivity index is 2.58. The van der Waals surface area contributed by atoms with E-state index in [2.05, 4.69) is 44.7 Å². The molecule has 0 bridgehead atoms. The first-order valence-electron chi connectivity index (χ1n) is 7.46. The van der Waals surface area contributed by atoms with Crippen LogP contribution in [0.3, 0.4) is 0 Å². The molecule has 0 heterocycles. The molecule has 2 N–H and O–H groups in total. The Hall–Kier alpha value is -0.910. The van der Waals surface area contributed by atoms with Gasteiger partial charge in [0.05, 0.1) is 4.90 Å². The Morgan fingerprint density at radius 1 is 1.05 bits per heavy atom. The molecule has 21 heavy (non-hydrogen) atoms. The first-order valence-corrected chi connectivity index (χ1v) is 8.95. The topological polar surface area (TPSA) is 58.2 Å². The molecular formula is C16H28N2O2S. The third kappa shape index (κ3) is 6.16. The van der Waals surface area contributed by atoms with Crippen LogP contribution in [0.25, 0.3) is 0 Å². The molecule has 0 unspecified atom stereocenters. The third-order valence-corrected chi connectivity index (χ3v) is 4.71. The highest BCUT2D eigenvalue weighted by molar-refractivity contribution is 7.89. The van der Waals surface area contributed by atoms with E-state index in [0.29, 0.717) is 17.5 Å². The summed E-state index contributed by atoms with van der Waals surface area (Å²) in [5, 5.41) is 3.26. The van der Waals surface area contributed by atoms with Gasteiger partial charge in [-0.25, -0.2) is 13.1 Å². The summed E-state index contributed by atoms with van der Waals surface area (Å²) in [5.41, 5.74) is 1.15. The minimum absolute atomic E-state index is 0.0260. The lowest BCUT2D eigenvalue weighted by Crippen LogP contribution is -2.29. The summed E-state index contributed by atoms with van der Waals surface area (Å²) in [6.07, 6.45) is 0.775. The van der Waals surface area contributed by atoms with Gasteiger partial charge in [-0.2, -0.15) is 0 Å². The van der Waals surface area contributed by atoms with Crippen LogP contribution in [0, 0.1) is 0 Å². The van der Waals surface area contributed by atoms with Crippen LogP contribution in [-0.2, 0) is 15.4 Å². The normalized spacial score (nSPS) is 12.9. The van der Waals surface area contributed by atoms with Crippen molar-refractivity contribution in [3.8, 4) is 0 Å². The first kappa shape index (κ1) is 18.1. The molecule has 0 spiro atoms. The molecule has 120 valence electrons. The molecule has 0 aromatic heterocycles. The highest BCUT2D eigenvalue weighted by Crippen LogP contribution is 2.23. The molecule has 0 aliphatic rings. The molecule has 0 fully saturated rings. The standard InChI is InChI=1S/C16H28N2O2S/c1-13(2)17-11-6-12-18-21(19,20)15-9-7-14(8-10-15)16(3,4)5/h7-10,13,17-18H,6,11-12H2,1-5H3. The summed E-state index contributed by atoms with van der Waals surface area (Å²) >= 11 is 0. The van der Waals surface area contributed by atoms with Gasteiger partial charge in [0.2, 0.25) is 10.0 Å². The maximum absolute atomic E-state index is 12.2. The van der Waals surface area contributed by atoms with Crippen LogP contribution in [-0.4, -0.2) is 27.5 Å². The van der Waals surface area contributed by atoms with Crippen LogP contribution in [0.15, 0.2) is 29.2 Å². The molecule has 0 saturated heterocycles. The van der Waals surface area contributed by atoms with E-state index in [9.17, 15) is 8.42 Å². The van der Waals surface area contributed by atoms with Crippen molar-refractivity contribution in [2.24, 2.45) is 0 Å². The lowest BCUT2D eigenvalue weighted by atomic mass is 9.87. The van der Waals surface area contributed by atoms with Gasteiger partial charge in [-0.3, -0.25) is 0 Å². The molecule has 0 amide bonds. The number of nitrogens with one attached hydrogen (secondary N) is 2. The summed E-state index contributed by atoms with van der Waals surface area (Å²) in [4.78, 5) is 0.326. The minimum Gasteiger partial charge on any atom is -0.314 e. The van der Waals surface area contributed by atoms with E-state index in [0.717, 1.165) is 18.5 Å². The Bertz CT molecular complexity index is 528. The second-order valence-corrected chi connectivity index (χ2v) is 8.40. The number of hydrogen-bond donors (Lipinski definition) is 2. The Kier molecular flexibility index (Phi) is 6.38. The zero-order valence-electron chi connectivity index (χ0n) is 13.7. The fourth-order valence-electron chi connectivity index (χ4n) is 1.90. The molecule has 0 aliphatic heterocycles. The van der Waals surface area contributed by atoms with Gasteiger partial charge in [-0.05, 0) is 36.1 Å². The number of benzene rings is 1. The van der Waals surface area contributed by atoms with Crippen molar-refractivity contribution in [2.75, 3.05) is 13.1 Å². The number of rotatable bonds is 7.